The quantitative estimate of drug-likeness (QED) is 0.413. The lowest BCUT2D eigenvalue weighted by Crippen LogP contribution is -2.35. The number of likely N-dealkylation sites (tertiary alicyclic amines) is 1. The van der Waals surface area contributed by atoms with E-state index >= 15 is 0 Å². The van der Waals surface area contributed by atoms with Gasteiger partial charge in [0.15, 0.2) is 0 Å². The molecule has 0 radical (unpaired) electrons. The van der Waals surface area contributed by atoms with Crippen LogP contribution in [0.5, 0.6) is 23.0 Å². The number of hydrogen-bond acceptors (Lipinski definition) is 5. The highest BCUT2D eigenvalue weighted by Crippen LogP contribution is 2.48. The number of phenols is 2. The molecule has 0 aromatic heterocycles. The lowest BCUT2D eigenvalue weighted by atomic mass is 9.85. The zero-order valence-electron chi connectivity index (χ0n) is 21.5. The van der Waals surface area contributed by atoms with Gasteiger partial charge in [-0.3, -0.25) is 4.90 Å². The minimum Gasteiger partial charge on any atom is -0.508 e. The first-order valence-corrected chi connectivity index (χ1v) is 12.8. The Balaban J connectivity index is 1.45. The Bertz CT molecular complexity index is 1300. The summed E-state index contributed by atoms with van der Waals surface area (Å²) in [7, 11) is 0. The van der Waals surface area contributed by atoms with Crippen molar-refractivity contribution in [1.29, 1.82) is 0 Å². The van der Waals surface area contributed by atoms with E-state index in [9.17, 15) is 10.2 Å². The SMILES string of the molecule is CC1=C(c2cccc(O)c2)C(c2ccc(OC[C@H](C)N3CC[C@@H](C)C3)cc2C)Oc2ccc(O)cc21. The molecule has 2 N–H and O–H groups in total. The predicted molar refractivity (Wildman–Crippen MR) is 144 cm³/mol. The topological polar surface area (TPSA) is 62.2 Å². The number of benzene rings is 3. The van der Waals surface area contributed by atoms with Crippen LogP contribution in [0.15, 0.2) is 60.7 Å². The molecule has 3 aromatic carbocycles. The van der Waals surface area contributed by atoms with Crippen molar-refractivity contribution in [2.75, 3.05) is 19.7 Å². The normalized spacial score (nSPS) is 20.7. The predicted octanol–water partition coefficient (Wildman–Crippen LogP) is 6.58. The van der Waals surface area contributed by atoms with Gasteiger partial charge >= 0.3 is 0 Å². The second-order valence-corrected chi connectivity index (χ2v) is 10.3. The number of fused-ring (bicyclic) bond motifs is 1. The molecule has 188 valence electrons. The maximum atomic E-state index is 10.2. The molecule has 0 aliphatic carbocycles. The van der Waals surface area contributed by atoms with E-state index < -0.39 is 0 Å². The number of phenolic OH excluding ortho intramolecular Hbond substituents is 2. The minimum atomic E-state index is -0.358. The summed E-state index contributed by atoms with van der Waals surface area (Å²) in [6.45, 7) is 11.6. The van der Waals surface area contributed by atoms with Crippen LogP contribution in [0, 0.1) is 12.8 Å². The van der Waals surface area contributed by atoms with Gasteiger partial charge in [-0.2, -0.15) is 0 Å². The molecule has 36 heavy (non-hydrogen) atoms. The van der Waals surface area contributed by atoms with Crippen molar-refractivity contribution >= 4 is 11.1 Å². The first-order valence-electron chi connectivity index (χ1n) is 12.8. The van der Waals surface area contributed by atoms with E-state index in [1.165, 1.54) is 6.42 Å². The van der Waals surface area contributed by atoms with Gasteiger partial charge < -0.3 is 19.7 Å². The Morgan fingerprint density at radius 1 is 1.03 bits per heavy atom. The minimum absolute atomic E-state index is 0.195. The lowest BCUT2D eigenvalue weighted by Gasteiger charge is -2.32. The lowest BCUT2D eigenvalue weighted by molar-refractivity contribution is 0.169. The Morgan fingerprint density at radius 3 is 2.56 bits per heavy atom. The Kier molecular flexibility index (Phi) is 6.67. The summed E-state index contributed by atoms with van der Waals surface area (Å²) in [5, 5.41) is 20.3. The van der Waals surface area contributed by atoms with E-state index in [0.717, 1.165) is 63.9 Å². The molecule has 1 saturated heterocycles. The van der Waals surface area contributed by atoms with Gasteiger partial charge in [0.1, 0.15) is 35.7 Å². The van der Waals surface area contributed by atoms with Crippen LogP contribution in [0.1, 0.15) is 55.5 Å². The van der Waals surface area contributed by atoms with Crippen LogP contribution >= 0.6 is 0 Å². The Morgan fingerprint density at radius 2 is 1.83 bits per heavy atom. The molecule has 1 fully saturated rings. The van der Waals surface area contributed by atoms with E-state index in [-0.39, 0.29) is 17.6 Å². The van der Waals surface area contributed by atoms with Crippen LogP contribution in [-0.4, -0.2) is 40.9 Å². The van der Waals surface area contributed by atoms with Gasteiger partial charge in [-0.05, 0) is 98.8 Å². The Hall–Kier alpha value is -3.44. The van der Waals surface area contributed by atoms with Crippen molar-refractivity contribution in [2.24, 2.45) is 5.92 Å². The fraction of sp³-hybridized carbons (Fsp3) is 0.355. The van der Waals surface area contributed by atoms with Gasteiger partial charge in [-0.15, -0.1) is 0 Å². The first kappa shape index (κ1) is 24.3. The number of rotatable bonds is 6. The molecule has 0 amide bonds. The highest BCUT2D eigenvalue weighted by atomic mass is 16.5. The molecule has 0 saturated carbocycles. The van der Waals surface area contributed by atoms with Crippen molar-refractivity contribution in [3.8, 4) is 23.0 Å². The molecular formula is C31H35NO4. The molecule has 5 heteroatoms. The molecule has 2 aliphatic heterocycles. The third-order valence-electron chi connectivity index (χ3n) is 7.53. The first-order chi connectivity index (χ1) is 17.3. The number of allylic oxidation sites excluding steroid dienone is 1. The zero-order chi connectivity index (χ0) is 25.4. The van der Waals surface area contributed by atoms with Gasteiger partial charge in [0.05, 0.1) is 0 Å². The number of ether oxygens (including phenoxy) is 2. The number of aromatic hydroxyl groups is 2. The van der Waals surface area contributed by atoms with Crippen LogP contribution in [0.2, 0.25) is 0 Å². The fourth-order valence-electron chi connectivity index (χ4n) is 5.43. The molecule has 0 spiro atoms. The van der Waals surface area contributed by atoms with Gasteiger partial charge in [0.25, 0.3) is 0 Å². The van der Waals surface area contributed by atoms with Crippen molar-refractivity contribution in [3.05, 3.63) is 82.9 Å². The molecule has 5 nitrogen and oxygen atoms in total. The summed E-state index contributed by atoms with van der Waals surface area (Å²) < 4.78 is 12.7. The summed E-state index contributed by atoms with van der Waals surface area (Å²) in [6, 6.07) is 19.0. The van der Waals surface area contributed by atoms with Crippen LogP contribution in [0.25, 0.3) is 11.1 Å². The maximum absolute atomic E-state index is 10.2. The number of hydrogen-bond donors (Lipinski definition) is 2. The number of aryl methyl sites for hydroxylation is 1. The van der Waals surface area contributed by atoms with Gasteiger partial charge in [-0.1, -0.05) is 25.1 Å². The maximum Gasteiger partial charge on any atom is 0.150 e. The summed E-state index contributed by atoms with van der Waals surface area (Å²) in [5.74, 6) is 2.75. The standard InChI is InChI=1S/C31H35NO4/c1-19-12-13-32(17-19)21(3)18-35-26-9-10-27(20(2)14-26)31-30(23-6-5-7-24(33)15-23)22(4)28-16-25(34)8-11-29(28)36-31/h5-11,14-16,19,21,31,33-34H,12-13,17-18H2,1-4H3/t19-,21+,31?/m1/s1. The largest absolute Gasteiger partial charge is 0.508 e. The highest BCUT2D eigenvalue weighted by molar-refractivity contribution is 5.96. The molecule has 2 aliphatic rings. The summed E-state index contributed by atoms with van der Waals surface area (Å²) in [6.07, 6.45) is 0.902. The third kappa shape index (κ3) is 4.80. The van der Waals surface area contributed by atoms with Gasteiger partial charge in [0, 0.05) is 29.3 Å². The molecule has 0 bridgehead atoms. The van der Waals surface area contributed by atoms with Crippen molar-refractivity contribution in [2.45, 2.75) is 46.3 Å². The van der Waals surface area contributed by atoms with Crippen molar-refractivity contribution in [3.63, 3.8) is 0 Å². The highest BCUT2D eigenvalue weighted by Gasteiger charge is 2.31. The second kappa shape index (κ2) is 9.90. The fourth-order valence-corrected chi connectivity index (χ4v) is 5.43. The van der Waals surface area contributed by atoms with Crippen LogP contribution < -0.4 is 9.47 Å². The smallest absolute Gasteiger partial charge is 0.150 e. The van der Waals surface area contributed by atoms with Crippen molar-refractivity contribution < 1.29 is 19.7 Å². The monoisotopic (exact) mass is 485 g/mol. The Labute approximate surface area is 213 Å². The summed E-state index contributed by atoms with van der Waals surface area (Å²) in [5.41, 5.74) is 5.84. The molecule has 3 atom stereocenters. The molecule has 5 rings (SSSR count). The van der Waals surface area contributed by atoms with Crippen molar-refractivity contribution in [1.82, 2.24) is 4.90 Å². The average molecular weight is 486 g/mol. The second-order valence-electron chi connectivity index (χ2n) is 10.3. The van der Waals surface area contributed by atoms with E-state index in [2.05, 4.69) is 37.8 Å². The van der Waals surface area contributed by atoms with Crippen LogP contribution in [0.4, 0.5) is 0 Å². The van der Waals surface area contributed by atoms with E-state index in [1.807, 2.05) is 31.2 Å². The van der Waals surface area contributed by atoms with Crippen LogP contribution in [0.3, 0.4) is 0 Å². The molecular weight excluding hydrogens is 450 g/mol. The summed E-state index contributed by atoms with van der Waals surface area (Å²) >= 11 is 0. The van der Waals surface area contributed by atoms with Crippen LogP contribution in [-0.2, 0) is 0 Å². The van der Waals surface area contributed by atoms with E-state index in [1.54, 1.807) is 24.3 Å². The number of nitrogens with zero attached hydrogens (tertiary/aromatic N) is 1. The molecule has 1 unspecified atom stereocenters. The van der Waals surface area contributed by atoms with E-state index in [0.29, 0.717) is 12.6 Å². The zero-order valence-corrected chi connectivity index (χ0v) is 21.5. The molecule has 3 aromatic rings. The third-order valence-corrected chi connectivity index (χ3v) is 7.53. The summed E-state index contributed by atoms with van der Waals surface area (Å²) in [4.78, 5) is 2.51. The van der Waals surface area contributed by atoms with E-state index in [4.69, 9.17) is 9.47 Å². The molecule has 2 heterocycles. The van der Waals surface area contributed by atoms with Gasteiger partial charge in [0.2, 0.25) is 0 Å². The average Bonchev–Trinajstić information content (AvgIpc) is 3.29. The van der Waals surface area contributed by atoms with Gasteiger partial charge in [-0.25, -0.2) is 0 Å².